The first kappa shape index (κ1) is 22.2. The Hall–Kier alpha value is -3.98. The normalized spacial score (nSPS) is 17.9. The van der Waals surface area contributed by atoms with E-state index in [0.717, 1.165) is 34.7 Å². The van der Waals surface area contributed by atoms with E-state index in [4.69, 9.17) is 5.84 Å². The van der Waals surface area contributed by atoms with Crippen molar-refractivity contribution in [3.05, 3.63) is 83.7 Å². The molecule has 1 atom stereocenters. The van der Waals surface area contributed by atoms with Gasteiger partial charge in [0.05, 0.1) is 17.9 Å². The molecule has 33 heavy (non-hydrogen) atoms. The number of rotatable bonds is 7. The summed E-state index contributed by atoms with van der Waals surface area (Å²) in [4.78, 5) is 28.4. The van der Waals surface area contributed by atoms with Crippen molar-refractivity contribution in [1.29, 1.82) is 0 Å². The van der Waals surface area contributed by atoms with Gasteiger partial charge in [-0.15, -0.1) is 0 Å². The van der Waals surface area contributed by atoms with Crippen molar-refractivity contribution in [2.75, 3.05) is 23.4 Å². The van der Waals surface area contributed by atoms with Gasteiger partial charge in [-0.3, -0.25) is 15.2 Å². The quantitative estimate of drug-likeness (QED) is 0.384. The second-order valence-electron chi connectivity index (χ2n) is 7.92. The number of urea groups is 2. The molecule has 0 radical (unpaired) electrons. The van der Waals surface area contributed by atoms with E-state index in [0.29, 0.717) is 13.1 Å². The Morgan fingerprint density at radius 1 is 1.12 bits per heavy atom. The molecular formula is C24H29N7O2. The van der Waals surface area contributed by atoms with E-state index >= 15 is 0 Å². The van der Waals surface area contributed by atoms with Crippen LogP contribution in [-0.4, -0.2) is 41.2 Å². The fraction of sp³-hybridized carbons (Fsp3) is 0.250. The molecule has 9 heteroatoms. The molecule has 0 saturated carbocycles. The van der Waals surface area contributed by atoms with Gasteiger partial charge in [0.2, 0.25) is 0 Å². The maximum absolute atomic E-state index is 13.1. The van der Waals surface area contributed by atoms with Crippen molar-refractivity contribution in [2.45, 2.75) is 26.7 Å². The number of amides is 4. The van der Waals surface area contributed by atoms with Crippen LogP contribution >= 0.6 is 0 Å². The third-order valence-corrected chi connectivity index (χ3v) is 5.61. The third kappa shape index (κ3) is 4.93. The highest BCUT2D eigenvalue weighted by atomic mass is 16.2. The number of hydrogen-bond donors (Lipinski definition) is 4. The molecule has 2 aliphatic heterocycles. The van der Waals surface area contributed by atoms with E-state index in [1.54, 1.807) is 16.8 Å². The summed E-state index contributed by atoms with van der Waals surface area (Å²) in [7, 11) is 0. The minimum absolute atomic E-state index is 0.294. The van der Waals surface area contributed by atoms with Gasteiger partial charge in [0.1, 0.15) is 0 Å². The smallest absolute Gasteiger partial charge is 0.331 e. The lowest BCUT2D eigenvalue weighted by molar-refractivity contribution is 0.108. The van der Waals surface area contributed by atoms with Crippen molar-refractivity contribution in [3.63, 3.8) is 0 Å². The molecule has 4 rings (SSSR count). The summed E-state index contributed by atoms with van der Waals surface area (Å²) in [5.74, 6) is 6.24. The molecule has 0 spiro atoms. The number of carbonyl (C=O) groups excluding carboxylic acids is 2. The zero-order chi connectivity index (χ0) is 23.4. The number of aryl methyl sites for hydroxylation is 1. The van der Waals surface area contributed by atoms with Crippen LogP contribution in [0.4, 0.5) is 21.0 Å². The van der Waals surface area contributed by atoms with Crippen LogP contribution in [0.25, 0.3) is 0 Å². The number of nitrogens with one attached hydrogen (secondary N) is 3. The summed E-state index contributed by atoms with van der Waals surface area (Å²) >= 11 is 0. The Morgan fingerprint density at radius 3 is 2.48 bits per heavy atom. The number of hydrogen-bond acceptors (Lipinski definition) is 6. The molecule has 0 bridgehead atoms. The highest BCUT2D eigenvalue weighted by molar-refractivity contribution is 5.96. The highest BCUT2D eigenvalue weighted by Crippen LogP contribution is 2.22. The van der Waals surface area contributed by atoms with Gasteiger partial charge in [0.15, 0.2) is 6.29 Å². The van der Waals surface area contributed by atoms with E-state index in [1.807, 2.05) is 73.8 Å². The van der Waals surface area contributed by atoms with Crippen LogP contribution in [0.3, 0.4) is 0 Å². The third-order valence-electron chi connectivity index (χ3n) is 5.61. The molecule has 172 valence electrons. The van der Waals surface area contributed by atoms with Gasteiger partial charge < -0.3 is 10.6 Å². The molecule has 2 aliphatic rings. The van der Waals surface area contributed by atoms with Crippen LogP contribution in [0.5, 0.6) is 0 Å². The number of benzene rings is 2. The lowest BCUT2D eigenvalue weighted by Gasteiger charge is -2.41. The number of nitrogens with two attached hydrogens (primary N) is 1. The summed E-state index contributed by atoms with van der Waals surface area (Å²) in [6.45, 7) is 5.17. The van der Waals surface area contributed by atoms with E-state index in [2.05, 4.69) is 16.0 Å². The van der Waals surface area contributed by atoms with Gasteiger partial charge >= 0.3 is 12.1 Å². The molecule has 9 nitrogen and oxygen atoms in total. The Bertz CT molecular complexity index is 1060. The van der Waals surface area contributed by atoms with Crippen LogP contribution in [0.2, 0.25) is 0 Å². The predicted octanol–water partition coefficient (Wildman–Crippen LogP) is 3.04. The van der Waals surface area contributed by atoms with Gasteiger partial charge in [0, 0.05) is 18.8 Å². The maximum Gasteiger partial charge on any atom is 0.331 e. The standard InChI is InChI=1S/C24H29N7O2/c1-3-29-23(32)28-22(30(24(29)33)16-18-6-4-17(2)5-7-18)27-19-8-10-20(11-9-19)31(25)21-12-14-26-15-13-21/h4-14,22,26-27H,3,15-16,25H2,1-2H3,(H,28,32). The summed E-state index contributed by atoms with van der Waals surface area (Å²) in [5, 5.41) is 10.9. The molecule has 2 aromatic rings. The van der Waals surface area contributed by atoms with Crippen LogP contribution in [-0.2, 0) is 6.54 Å². The van der Waals surface area contributed by atoms with Gasteiger partial charge in [-0.05, 0) is 62.0 Å². The first-order chi connectivity index (χ1) is 16.0. The van der Waals surface area contributed by atoms with Crippen molar-refractivity contribution in [1.82, 2.24) is 20.4 Å². The van der Waals surface area contributed by atoms with Gasteiger partial charge in [-0.25, -0.2) is 20.3 Å². The number of allylic oxidation sites excluding steroid dienone is 1. The SMILES string of the molecule is CCN1C(=O)NC(Nc2ccc(N(N)C3=CCNC=C3)cc2)N(Cc2ccc(C)cc2)C1=O. The van der Waals surface area contributed by atoms with Crippen molar-refractivity contribution in [3.8, 4) is 0 Å². The summed E-state index contributed by atoms with van der Waals surface area (Å²) in [6, 6.07) is 14.7. The number of anilines is 2. The summed E-state index contributed by atoms with van der Waals surface area (Å²) in [6.07, 6.45) is 5.07. The lowest BCUT2D eigenvalue weighted by Crippen LogP contribution is -2.66. The van der Waals surface area contributed by atoms with Crippen molar-refractivity contribution < 1.29 is 9.59 Å². The monoisotopic (exact) mass is 447 g/mol. The minimum Gasteiger partial charge on any atom is -0.387 e. The minimum atomic E-state index is -0.691. The molecule has 2 aromatic carbocycles. The molecule has 0 aliphatic carbocycles. The fourth-order valence-corrected chi connectivity index (χ4v) is 3.71. The van der Waals surface area contributed by atoms with Crippen LogP contribution in [0.15, 0.2) is 72.6 Å². The summed E-state index contributed by atoms with van der Waals surface area (Å²) < 4.78 is 0. The van der Waals surface area contributed by atoms with Crippen molar-refractivity contribution in [2.24, 2.45) is 5.84 Å². The second-order valence-corrected chi connectivity index (χ2v) is 7.92. The molecule has 0 aromatic heterocycles. The highest BCUT2D eigenvalue weighted by Gasteiger charge is 2.37. The molecular weight excluding hydrogens is 418 g/mol. The first-order valence-corrected chi connectivity index (χ1v) is 10.9. The first-order valence-electron chi connectivity index (χ1n) is 10.9. The maximum atomic E-state index is 13.1. The van der Waals surface area contributed by atoms with Gasteiger partial charge in [-0.2, -0.15) is 0 Å². The molecule has 4 amide bonds. The van der Waals surface area contributed by atoms with Gasteiger partial charge in [-0.1, -0.05) is 29.8 Å². The van der Waals surface area contributed by atoms with Crippen molar-refractivity contribution >= 4 is 23.4 Å². The van der Waals surface area contributed by atoms with E-state index in [9.17, 15) is 9.59 Å². The average Bonchev–Trinajstić information content (AvgIpc) is 2.83. The molecule has 1 saturated heterocycles. The molecule has 1 fully saturated rings. The Morgan fingerprint density at radius 2 is 1.85 bits per heavy atom. The lowest BCUT2D eigenvalue weighted by atomic mass is 10.1. The molecule has 1 unspecified atom stereocenters. The number of dihydropyridines is 1. The predicted molar refractivity (Wildman–Crippen MR) is 129 cm³/mol. The number of carbonyl (C=O) groups is 2. The van der Waals surface area contributed by atoms with Gasteiger partial charge in [0.25, 0.3) is 0 Å². The Labute approximate surface area is 193 Å². The average molecular weight is 448 g/mol. The topological polar surface area (TPSA) is 106 Å². The Kier molecular flexibility index (Phi) is 6.50. The van der Waals surface area contributed by atoms with E-state index in [-0.39, 0.29) is 6.03 Å². The number of imide groups is 1. The Balaban J connectivity index is 1.51. The second kappa shape index (κ2) is 9.66. The summed E-state index contributed by atoms with van der Waals surface area (Å²) in [5.41, 5.74) is 4.58. The zero-order valence-electron chi connectivity index (χ0n) is 18.8. The number of nitrogens with zero attached hydrogens (tertiary/aromatic N) is 3. The zero-order valence-corrected chi connectivity index (χ0v) is 18.8. The fourth-order valence-electron chi connectivity index (χ4n) is 3.71. The van der Waals surface area contributed by atoms with Crippen LogP contribution in [0.1, 0.15) is 18.1 Å². The van der Waals surface area contributed by atoms with Crippen LogP contribution < -0.4 is 26.8 Å². The number of hydrazine groups is 1. The molecule has 2 heterocycles. The largest absolute Gasteiger partial charge is 0.387 e. The van der Waals surface area contributed by atoms with E-state index in [1.165, 1.54) is 4.90 Å². The van der Waals surface area contributed by atoms with E-state index < -0.39 is 12.3 Å². The van der Waals surface area contributed by atoms with Crippen LogP contribution in [0, 0.1) is 6.92 Å². The molecule has 5 N–H and O–H groups in total.